The van der Waals surface area contributed by atoms with Gasteiger partial charge in [0.25, 0.3) is 0 Å². The minimum Gasteiger partial charge on any atom is -0.0616 e. The molecular formula is C42H26. The summed E-state index contributed by atoms with van der Waals surface area (Å²) in [6.07, 6.45) is 0. The molecule has 0 heteroatoms. The van der Waals surface area contributed by atoms with Crippen LogP contribution in [0.3, 0.4) is 0 Å². The van der Waals surface area contributed by atoms with E-state index in [1.807, 2.05) is 0 Å². The first-order valence-corrected chi connectivity index (χ1v) is 14.6. The van der Waals surface area contributed by atoms with Gasteiger partial charge in [0.05, 0.1) is 0 Å². The summed E-state index contributed by atoms with van der Waals surface area (Å²) < 4.78 is 0. The van der Waals surface area contributed by atoms with Crippen molar-refractivity contribution in [1.82, 2.24) is 0 Å². The molecule has 0 aliphatic heterocycles. The molecule has 0 N–H and O–H groups in total. The van der Waals surface area contributed by atoms with Crippen molar-refractivity contribution in [2.24, 2.45) is 0 Å². The van der Waals surface area contributed by atoms with Crippen molar-refractivity contribution >= 4 is 64.6 Å². The number of rotatable bonds is 2. The average Bonchev–Trinajstić information content (AvgIpc) is 3.06. The van der Waals surface area contributed by atoms with Crippen LogP contribution in [0.5, 0.6) is 0 Å². The molecule has 0 aliphatic rings. The van der Waals surface area contributed by atoms with Gasteiger partial charge in [0.15, 0.2) is 0 Å². The molecule has 0 nitrogen and oxygen atoms in total. The normalized spacial score (nSPS) is 11.8. The molecule has 0 unspecified atom stereocenters. The second-order valence-corrected chi connectivity index (χ2v) is 11.3. The zero-order chi connectivity index (χ0) is 27.6. The van der Waals surface area contributed by atoms with Crippen LogP contribution in [0.1, 0.15) is 0 Å². The summed E-state index contributed by atoms with van der Waals surface area (Å²) in [5.41, 5.74) is 5.13. The van der Waals surface area contributed by atoms with Crippen molar-refractivity contribution in [1.29, 1.82) is 0 Å². The maximum Gasteiger partial charge on any atom is -0.00201 e. The molecule has 0 fully saturated rings. The van der Waals surface area contributed by atoms with Gasteiger partial charge in [0.1, 0.15) is 0 Å². The van der Waals surface area contributed by atoms with E-state index in [4.69, 9.17) is 0 Å². The quantitative estimate of drug-likeness (QED) is 0.154. The van der Waals surface area contributed by atoms with Gasteiger partial charge in [-0.25, -0.2) is 0 Å². The number of benzene rings is 9. The highest BCUT2D eigenvalue weighted by atomic mass is 14.2. The zero-order valence-electron chi connectivity index (χ0n) is 23.0. The summed E-state index contributed by atoms with van der Waals surface area (Å²) in [5, 5.41) is 15.4. The Kier molecular flexibility index (Phi) is 5.00. The largest absolute Gasteiger partial charge is 0.0616 e. The van der Waals surface area contributed by atoms with Crippen molar-refractivity contribution in [2.45, 2.75) is 0 Å². The van der Waals surface area contributed by atoms with Crippen LogP contribution in [-0.4, -0.2) is 0 Å². The summed E-state index contributed by atoms with van der Waals surface area (Å²) in [6.45, 7) is 0. The standard InChI is InChI=1S/C42H26/c1-2-12-29-24-32(23-20-27(29)10-1)41-34-15-5-7-17-36(34)42(37-18-8-6-16-35(37)41)38-19-9-13-30-25-39-31(26-40(30)38)22-21-28-11-3-4-14-33(28)39/h1-26H. The Hall–Kier alpha value is -5.46. The smallest absolute Gasteiger partial charge is 0.00201 e. The third kappa shape index (κ3) is 3.42. The molecule has 9 aromatic rings. The van der Waals surface area contributed by atoms with E-state index in [1.165, 1.54) is 86.9 Å². The third-order valence-corrected chi connectivity index (χ3v) is 8.98. The molecule has 194 valence electrons. The monoisotopic (exact) mass is 530 g/mol. The van der Waals surface area contributed by atoms with Crippen molar-refractivity contribution in [3.8, 4) is 22.3 Å². The molecule has 0 radical (unpaired) electrons. The minimum atomic E-state index is 1.25. The second kappa shape index (κ2) is 9.03. The highest BCUT2D eigenvalue weighted by molar-refractivity contribution is 6.24. The molecule has 0 aromatic heterocycles. The summed E-state index contributed by atoms with van der Waals surface area (Å²) >= 11 is 0. The molecule has 0 atom stereocenters. The number of hydrogen-bond acceptors (Lipinski definition) is 0. The van der Waals surface area contributed by atoms with Crippen LogP contribution >= 0.6 is 0 Å². The van der Waals surface area contributed by atoms with Gasteiger partial charge in [-0.15, -0.1) is 0 Å². The fraction of sp³-hybridized carbons (Fsp3) is 0. The maximum atomic E-state index is 2.40. The van der Waals surface area contributed by atoms with Gasteiger partial charge in [0, 0.05) is 0 Å². The van der Waals surface area contributed by atoms with E-state index in [0.29, 0.717) is 0 Å². The van der Waals surface area contributed by atoms with Crippen molar-refractivity contribution in [2.75, 3.05) is 0 Å². The van der Waals surface area contributed by atoms with Crippen LogP contribution < -0.4 is 0 Å². The average molecular weight is 531 g/mol. The van der Waals surface area contributed by atoms with Gasteiger partial charge in [-0.3, -0.25) is 0 Å². The lowest BCUT2D eigenvalue weighted by Crippen LogP contribution is -1.92. The van der Waals surface area contributed by atoms with Crippen LogP contribution in [0.4, 0.5) is 0 Å². The molecule has 0 aliphatic carbocycles. The van der Waals surface area contributed by atoms with Crippen LogP contribution in [0, 0.1) is 0 Å². The third-order valence-electron chi connectivity index (χ3n) is 8.98. The molecule has 0 saturated carbocycles. The molecule has 0 heterocycles. The van der Waals surface area contributed by atoms with Gasteiger partial charge in [0.2, 0.25) is 0 Å². The highest BCUT2D eigenvalue weighted by Gasteiger charge is 2.18. The molecule has 42 heavy (non-hydrogen) atoms. The molecular weight excluding hydrogens is 504 g/mol. The minimum absolute atomic E-state index is 1.25. The summed E-state index contributed by atoms with van der Waals surface area (Å²) in [5.74, 6) is 0. The van der Waals surface area contributed by atoms with E-state index in [1.54, 1.807) is 0 Å². The summed E-state index contributed by atoms with van der Waals surface area (Å²) in [6, 6.07) is 58.2. The fourth-order valence-corrected chi connectivity index (χ4v) is 7.07. The summed E-state index contributed by atoms with van der Waals surface area (Å²) in [7, 11) is 0. The lowest BCUT2D eigenvalue weighted by atomic mass is 9.84. The van der Waals surface area contributed by atoms with Crippen LogP contribution in [-0.2, 0) is 0 Å². The Bertz CT molecular complexity index is 2460. The lowest BCUT2D eigenvalue weighted by molar-refractivity contribution is 1.69. The van der Waals surface area contributed by atoms with E-state index < -0.39 is 0 Å². The van der Waals surface area contributed by atoms with Crippen LogP contribution in [0.25, 0.3) is 86.9 Å². The topological polar surface area (TPSA) is 0 Å². The van der Waals surface area contributed by atoms with E-state index >= 15 is 0 Å². The predicted molar refractivity (Wildman–Crippen MR) is 182 cm³/mol. The van der Waals surface area contributed by atoms with Crippen LogP contribution in [0.2, 0.25) is 0 Å². The number of fused-ring (bicyclic) bond motifs is 7. The molecule has 0 bridgehead atoms. The first kappa shape index (κ1) is 23.3. The van der Waals surface area contributed by atoms with E-state index in [-0.39, 0.29) is 0 Å². The predicted octanol–water partition coefficient (Wildman–Crippen LogP) is 11.9. The van der Waals surface area contributed by atoms with Gasteiger partial charge in [-0.1, -0.05) is 140 Å². The number of hydrogen-bond donors (Lipinski definition) is 0. The highest BCUT2D eigenvalue weighted by Crippen LogP contribution is 2.46. The SMILES string of the molecule is c1ccc2cc(-c3c4ccccc4c(-c4cccc5cc6c(ccc7ccccc76)cc45)c4ccccc34)ccc2c1. The second-order valence-electron chi connectivity index (χ2n) is 11.3. The van der Waals surface area contributed by atoms with E-state index in [0.717, 1.165) is 0 Å². The Labute approximate surface area is 244 Å². The Morgan fingerprint density at radius 3 is 1.48 bits per heavy atom. The first-order chi connectivity index (χ1) is 20.8. The van der Waals surface area contributed by atoms with E-state index in [2.05, 4.69) is 158 Å². The van der Waals surface area contributed by atoms with Crippen LogP contribution in [0.15, 0.2) is 158 Å². The van der Waals surface area contributed by atoms with Crippen molar-refractivity contribution in [3.05, 3.63) is 158 Å². The Balaban J connectivity index is 1.39. The Morgan fingerprint density at radius 1 is 0.238 bits per heavy atom. The maximum absolute atomic E-state index is 2.40. The zero-order valence-corrected chi connectivity index (χ0v) is 23.0. The summed E-state index contributed by atoms with van der Waals surface area (Å²) in [4.78, 5) is 0. The van der Waals surface area contributed by atoms with Crippen molar-refractivity contribution < 1.29 is 0 Å². The van der Waals surface area contributed by atoms with Crippen molar-refractivity contribution in [3.63, 3.8) is 0 Å². The Morgan fingerprint density at radius 2 is 0.738 bits per heavy atom. The molecule has 0 spiro atoms. The fourth-order valence-electron chi connectivity index (χ4n) is 7.07. The lowest BCUT2D eigenvalue weighted by Gasteiger charge is -2.19. The van der Waals surface area contributed by atoms with Gasteiger partial charge < -0.3 is 0 Å². The molecule has 9 rings (SSSR count). The van der Waals surface area contributed by atoms with Gasteiger partial charge in [-0.2, -0.15) is 0 Å². The first-order valence-electron chi connectivity index (χ1n) is 14.6. The van der Waals surface area contributed by atoms with Gasteiger partial charge in [-0.05, 0) is 105 Å². The van der Waals surface area contributed by atoms with E-state index in [9.17, 15) is 0 Å². The molecule has 9 aromatic carbocycles. The van der Waals surface area contributed by atoms with Gasteiger partial charge >= 0.3 is 0 Å². The molecule has 0 amide bonds. The molecule has 0 saturated heterocycles.